The molecule has 0 saturated heterocycles. The fourth-order valence-corrected chi connectivity index (χ4v) is 2.41. The molecule has 102 valence electrons. The Morgan fingerprint density at radius 2 is 2.00 bits per heavy atom. The maximum Gasteiger partial charge on any atom is 0.266 e. The van der Waals surface area contributed by atoms with Gasteiger partial charge in [0.25, 0.3) is 10.0 Å². The second-order valence-corrected chi connectivity index (χ2v) is 6.26. The first-order valence-corrected chi connectivity index (χ1v) is 7.36. The minimum Gasteiger partial charge on any atom is -0.269 e. The maximum absolute atomic E-state index is 12.1. The van der Waals surface area contributed by atoms with Gasteiger partial charge in [-0.15, -0.1) is 0 Å². The fourth-order valence-electron chi connectivity index (χ4n) is 1.47. The minimum atomic E-state index is -3.63. The van der Waals surface area contributed by atoms with Gasteiger partial charge in [-0.2, -0.15) is 5.10 Å². The highest BCUT2D eigenvalue weighted by atomic mass is 32.2. The molecule has 0 radical (unpaired) electrons. The van der Waals surface area contributed by atoms with Crippen LogP contribution in [0, 0.1) is 6.92 Å². The molecule has 2 rings (SSSR count). The highest BCUT2D eigenvalue weighted by molar-refractivity contribution is 7.92. The molecule has 1 N–H and O–H groups in total. The number of rotatable bonds is 4. The SMILES string of the molecule is Cc1ccc(NS(=O)(=O)c2cnn(C(C)C)c2)nc1. The molecule has 2 heterocycles. The summed E-state index contributed by atoms with van der Waals surface area (Å²) >= 11 is 0. The summed E-state index contributed by atoms with van der Waals surface area (Å²) in [4.78, 5) is 4.14. The molecule has 0 bridgehead atoms. The Morgan fingerprint density at radius 1 is 1.26 bits per heavy atom. The lowest BCUT2D eigenvalue weighted by molar-refractivity contribution is 0.531. The van der Waals surface area contributed by atoms with Crippen molar-refractivity contribution in [3.05, 3.63) is 36.3 Å². The second kappa shape index (κ2) is 5.00. The molecule has 0 aliphatic carbocycles. The highest BCUT2D eigenvalue weighted by Gasteiger charge is 2.17. The van der Waals surface area contributed by atoms with Crippen molar-refractivity contribution in [3.8, 4) is 0 Å². The fraction of sp³-hybridized carbons (Fsp3) is 0.333. The number of nitrogens with zero attached hydrogens (tertiary/aromatic N) is 3. The topological polar surface area (TPSA) is 76.9 Å². The smallest absolute Gasteiger partial charge is 0.266 e. The zero-order valence-electron chi connectivity index (χ0n) is 11.0. The summed E-state index contributed by atoms with van der Waals surface area (Å²) in [6.45, 7) is 5.74. The number of pyridine rings is 1. The van der Waals surface area contributed by atoms with Gasteiger partial charge in [0.15, 0.2) is 0 Å². The maximum atomic E-state index is 12.1. The zero-order valence-corrected chi connectivity index (χ0v) is 11.8. The molecule has 0 spiro atoms. The molecule has 2 aromatic heterocycles. The summed E-state index contributed by atoms with van der Waals surface area (Å²) in [5.41, 5.74) is 0.968. The van der Waals surface area contributed by atoms with Crippen molar-refractivity contribution in [1.82, 2.24) is 14.8 Å². The largest absolute Gasteiger partial charge is 0.269 e. The van der Waals surface area contributed by atoms with Gasteiger partial charge < -0.3 is 0 Å². The van der Waals surface area contributed by atoms with Crippen molar-refractivity contribution in [3.63, 3.8) is 0 Å². The Hall–Kier alpha value is -1.89. The van der Waals surface area contributed by atoms with Crippen LogP contribution in [-0.4, -0.2) is 23.2 Å². The molecule has 0 aromatic carbocycles. The Bertz CT molecular complexity index is 659. The van der Waals surface area contributed by atoms with Gasteiger partial charge in [-0.25, -0.2) is 13.4 Å². The molecule has 0 fully saturated rings. The van der Waals surface area contributed by atoms with Crippen LogP contribution >= 0.6 is 0 Å². The van der Waals surface area contributed by atoms with Crippen LogP contribution in [0.25, 0.3) is 0 Å². The van der Waals surface area contributed by atoms with E-state index in [4.69, 9.17) is 0 Å². The minimum absolute atomic E-state index is 0.112. The van der Waals surface area contributed by atoms with Crippen LogP contribution in [0.4, 0.5) is 5.82 Å². The monoisotopic (exact) mass is 280 g/mol. The van der Waals surface area contributed by atoms with Crippen LogP contribution in [0.3, 0.4) is 0 Å². The van der Waals surface area contributed by atoms with Crippen LogP contribution in [0.1, 0.15) is 25.5 Å². The molecule has 0 aliphatic rings. The molecule has 0 amide bonds. The van der Waals surface area contributed by atoms with E-state index in [1.807, 2.05) is 20.8 Å². The van der Waals surface area contributed by atoms with E-state index in [0.29, 0.717) is 5.82 Å². The third kappa shape index (κ3) is 3.11. The molecule has 6 nitrogen and oxygen atoms in total. The molecular formula is C12H16N4O2S. The van der Waals surface area contributed by atoms with Gasteiger partial charge in [0.2, 0.25) is 0 Å². The number of nitrogens with one attached hydrogen (secondary N) is 1. The van der Waals surface area contributed by atoms with Crippen LogP contribution in [-0.2, 0) is 10.0 Å². The van der Waals surface area contributed by atoms with E-state index < -0.39 is 10.0 Å². The number of hydrogen-bond donors (Lipinski definition) is 1. The van der Waals surface area contributed by atoms with Crippen molar-refractivity contribution in [2.75, 3.05) is 4.72 Å². The summed E-state index contributed by atoms with van der Waals surface area (Å²) in [5, 5.41) is 4.01. The van der Waals surface area contributed by atoms with Gasteiger partial charge in [0, 0.05) is 18.4 Å². The van der Waals surface area contributed by atoms with E-state index in [-0.39, 0.29) is 10.9 Å². The lowest BCUT2D eigenvalue weighted by Crippen LogP contribution is -2.13. The highest BCUT2D eigenvalue weighted by Crippen LogP contribution is 2.15. The van der Waals surface area contributed by atoms with Crippen molar-refractivity contribution >= 4 is 15.8 Å². The van der Waals surface area contributed by atoms with Gasteiger partial charge in [0.1, 0.15) is 10.7 Å². The van der Waals surface area contributed by atoms with E-state index in [0.717, 1.165) is 5.56 Å². The summed E-state index contributed by atoms with van der Waals surface area (Å²) in [6, 6.07) is 3.53. The van der Waals surface area contributed by atoms with Gasteiger partial charge in [-0.05, 0) is 32.4 Å². The Morgan fingerprint density at radius 3 is 2.53 bits per heavy atom. The lowest BCUT2D eigenvalue weighted by Gasteiger charge is -2.06. The van der Waals surface area contributed by atoms with E-state index in [9.17, 15) is 8.42 Å². The summed E-state index contributed by atoms with van der Waals surface area (Å²) in [7, 11) is -3.63. The predicted octanol–water partition coefficient (Wildman–Crippen LogP) is 1.97. The lowest BCUT2D eigenvalue weighted by atomic mass is 10.3. The summed E-state index contributed by atoms with van der Waals surface area (Å²) < 4.78 is 28.3. The Kier molecular flexibility index (Phi) is 3.57. The van der Waals surface area contributed by atoms with E-state index >= 15 is 0 Å². The van der Waals surface area contributed by atoms with Crippen LogP contribution in [0.2, 0.25) is 0 Å². The van der Waals surface area contributed by atoms with Crippen molar-refractivity contribution in [2.24, 2.45) is 0 Å². The number of aromatic nitrogens is 3. The first-order valence-electron chi connectivity index (χ1n) is 5.88. The number of aryl methyl sites for hydroxylation is 1. The second-order valence-electron chi connectivity index (χ2n) is 4.58. The molecule has 0 unspecified atom stereocenters. The summed E-state index contributed by atoms with van der Waals surface area (Å²) in [5.74, 6) is 0.294. The Labute approximate surface area is 112 Å². The van der Waals surface area contributed by atoms with Crippen molar-refractivity contribution < 1.29 is 8.42 Å². The summed E-state index contributed by atoms with van der Waals surface area (Å²) in [6.07, 6.45) is 4.44. The van der Waals surface area contributed by atoms with Gasteiger partial charge in [0.05, 0.1) is 6.20 Å². The third-order valence-corrected chi connectivity index (χ3v) is 3.88. The molecule has 0 aliphatic heterocycles. The van der Waals surface area contributed by atoms with Crippen molar-refractivity contribution in [1.29, 1.82) is 0 Å². The predicted molar refractivity (Wildman–Crippen MR) is 72.4 cm³/mol. The molecule has 19 heavy (non-hydrogen) atoms. The quantitative estimate of drug-likeness (QED) is 0.928. The Balaban J connectivity index is 2.24. The normalized spacial score (nSPS) is 11.8. The molecule has 0 atom stereocenters. The standard InChI is InChI=1S/C12H16N4O2S/c1-9(2)16-8-11(7-14-16)19(17,18)15-12-5-4-10(3)6-13-12/h4-9H,1-3H3,(H,13,15). The zero-order chi connectivity index (χ0) is 14.0. The molecule has 7 heteroatoms. The van der Waals surface area contributed by atoms with Crippen LogP contribution < -0.4 is 4.72 Å². The van der Waals surface area contributed by atoms with Gasteiger partial charge in [-0.3, -0.25) is 9.40 Å². The third-order valence-electron chi connectivity index (χ3n) is 2.57. The van der Waals surface area contributed by atoms with Crippen LogP contribution in [0.5, 0.6) is 0 Å². The number of hydrogen-bond acceptors (Lipinski definition) is 4. The average Bonchev–Trinajstić information content (AvgIpc) is 2.82. The average molecular weight is 280 g/mol. The first-order chi connectivity index (χ1) is 8.88. The number of anilines is 1. The molecule has 0 saturated carbocycles. The van der Waals surface area contributed by atoms with Crippen molar-refractivity contribution in [2.45, 2.75) is 31.7 Å². The van der Waals surface area contributed by atoms with E-state index in [1.165, 1.54) is 12.4 Å². The van der Waals surface area contributed by atoms with Gasteiger partial charge >= 0.3 is 0 Å². The number of sulfonamides is 1. The molecular weight excluding hydrogens is 264 g/mol. The van der Waals surface area contributed by atoms with Crippen LogP contribution in [0.15, 0.2) is 35.6 Å². The first kappa shape index (κ1) is 13.5. The molecule has 2 aromatic rings. The van der Waals surface area contributed by atoms with E-state index in [1.54, 1.807) is 23.0 Å². The van der Waals surface area contributed by atoms with E-state index in [2.05, 4.69) is 14.8 Å². The van der Waals surface area contributed by atoms with Gasteiger partial charge in [-0.1, -0.05) is 6.07 Å².